The SMILES string of the molecule is COc1ccc([C@H]2C=C(c3ccc(F)cc3)Nc3nnnn32)cc1O. The van der Waals surface area contributed by atoms with Gasteiger partial charge < -0.3 is 15.2 Å². The van der Waals surface area contributed by atoms with E-state index in [0.29, 0.717) is 11.7 Å². The van der Waals surface area contributed by atoms with Crippen LogP contribution in [0.3, 0.4) is 0 Å². The molecule has 8 heteroatoms. The Morgan fingerprint density at radius 1 is 1.20 bits per heavy atom. The number of allylic oxidation sites excluding steroid dienone is 1. The van der Waals surface area contributed by atoms with Gasteiger partial charge in [0.15, 0.2) is 11.5 Å². The molecule has 25 heavy (non-hydrogen) atoms. The molecular weight excluding hydrogens is 325 g/mol. The summed E-state index contributed by atoms with van der Waals surface area (Å²) in [4.78, 5) is 0. The molecule has 0 saturated carbocycles. The minimum Gasteiger partial charge on any atom is -0.504 e. The molecule has 0 aliphatic carbocycles. The molecule has 2 aromatic carbocycles. The van der Waals surface area contributed by atoms with Gasteiger partial charge in [0, 0.05) is 5.70 Å². The number of anilines is 1. The van der Waals surface area contributed by atoms with Crippen molar-refractivity contribution in [3.63, 3.8) is 0 Å². The number of benzene rings is 2. The van der Waals surface area contributed by atoms with Gasteiger partial charge in [0.1, 0.15) is 11.9 Å². The van der Waals surface area contributed by atoms with Crippen LogP contribution in [0, 0.1) is 5.82 Å². The summed E-state index contributed by atoms with van der Waals surface area (Å²) in [6, 6.07) is 10.9. The molecular formula is C17H14FN5O2. The van der Waals surface area contributed by atoms with Crippen LogP contribution >= 0.6 is 0 Å². The standard InChI is InChI=1S/C17H14FN5O2/c1-25-16-7-4-11(8-15(16)24)14-9-13(10-2-5-12(18)6-3-10)19-17-20-21-22-23(14)17/h2-9,14,24H,1H3,(H,19,20,22)/t14-/m1/s1. The molecule has 1 aliphatic heterocycles. The van der Waals surface area contributed by atoms with Crippen LogP contribution in [-0.2, 0) is 0 Å². The van der Waals surface area contributed by atoms with Crippen molar-refractivity contribution >= 4 is 11.6 Å². The van der Waals surface area contributed by atoms with Crippen molar-refractivity contribution in [3.05, 3.63) is 65.5 Å². The summed E-state index contributed by atoms with van der Waals surface area (Å²) < 4.78 is 19.9. The number of methoxy groups -OCH3 is 1. The molecule has 126 valence electrons. The summed E-state index contributed by atoms with van der Waals surface area (Å²) in [7, 11) is 1.49. The smallest absolute Gasteiger partial charge is 0.248 e. The highest BCUT2D eigenvalue weighted by atomic mass is 19.1. The highest BCUT2D eigenvalue weighted by Gasteiger charge is 2.25. The highest BCUT2D eigenvalue weighted by Crippen LogP contribution is 2.35. The van der Waals surface area contributed by atoms with E-state index in [1.54, 1.807) is 28.9 Å². The molecule has 0 saturated heterocycles. The number of tetrazole rings is 1. The fourth-order valence-electron chi connectivity index (χ4n) is 2.78. The van der Waals surface area contributed by atoms with Crippen LogP contribution in [0.25, 0.3) is 5.70 Å². The van der Waals surface area contributed by atoms with Gasteiger partial charge in [0.2, 0.25) is 5.95 Å². The lowest BCUT2D eigenvalue weighted by molar-refractivity contribution is 0.372. The van der Waals surface area contributed by atoms with Crippen molar-refractivity contribution in [1.29, 1.82) is 0 Å². The second-order valence-corrected chi connectivity index (χ2v) is 5.54. The van der Waals surface area contributed by atoms with Gasteiger partial charge in [-0.1, -0.05) is 11.2 Å². The van der Waals surface area contributed by atoms with E-state index in [1.165, 1.54) is 19.2 Å². The second-order valence-electron chi connectivity index (χ2n) is 5.54. The van der Waals surface area contributed by atoms with E-state index in [0.717, 1.165) is 16.8 Å². The number of hydrogen-bond acceptors (Lipinski definition) is 6. The Labute approximate surface area is 142 Å². The lowest BCUT2D eigenvalue weighted by Crippen LogP contribution is -2.20. The number of aromatic nitrogens is 4. The number of rotatable bonds is 3. The fourth-order valence-corrected chi connectivity index (χ4v) is 2.78. The highest BCUT2D eigenvalue weighted by molar-refractivity contribution is 5.77. The minimum absolute atomic E-state index is 0.0323. The molecule has 2 heterocycles. The zero-order valence-corrected chi connectivity index (χ0v) is 13.2. The molecule has 0 fully saturated rings. The van der Waals surface area contributed by atoms with Gasteiger partial charge in [0.25, 0.3) is 0 Å². The third kappa shape index (κ3) is 2.67. The summed E-state index contributed by atoms with van der Waals surface area (Å²) >= 11 is 0. The van der Waals surface area contributed by atoms with E-state index in [-0.39, 0.29) is 17.6 Å². The van der Waals surface area contributed by atoms with Crippen molar-refractivity contribution in [3.8, 4) is 11.5 Å². The van der Waals surface area contributed by atoms with Gasteiger partial charge in [-0.25, -0.2) is 4.39 Å². The maximum Gasteiger partial charge on any atom is 0.248 e. The van der Waals surface area contributed by atoms with Crippen molar-refractivity contribution in [2.45, 2.75) is 6.04 Å². The maximum atomic E-state index is 13.2. The van der Waals surface area contributed by atoms with Crippen LogP contribution < -0.4 is 10.1 Å². The molecule has 1 aromatic heterocycles. The molecule has 0 unspecified atom stereocenters. The van der Waals surface area contributed by atoms with Crippen molar-refractivity contribution in [1.82, 2.24) is 20.2 Å². The number of nitrogens with zero attached hydrogens (tertiary/aromatic N) is 4. The zero-order valence-electron chi connectivity index (χ0n) is 13.2. The van der Waals surface area contributed by atoms with E-state index in [9.17, 15) is 9.50 Å². The van der Waals surface area contributed by atoms with Crippen molar-refractivity contribution in [2.75, 3.05) is 12.4 Å². The molecule has 0 spiro atoms. The molecule has 1 atom stereocenters. The Kier molecular flexibility index (Phi) is 3.57. The number of aromatic hydroxyl groups is 1. The van der Waals surface area contributed by atoms with Gasteiger partial charge in [-0.05, 0) is 64.0 Å². The first kappa shape index (κ1) is 15.1. The van der Waals surface area contributed by atoms with Gasteiger partial charge >= 0.3 is 0 Å². The van der Waals surface area contributed by atoms with Crippen LogP contribution in [0.15, 0.2) is 48.5 Å². The van der Waals surface area contributed by atoms with E-state index in [1.807, 2.05) is 12.1 Å². The Hall–Kier alpha value is -3.42. The monoisotopic (exact) mass is 339 g/mol. The third-order valence-electron chi connectivity index (χ3n) is 4.03. The predicted octanol–water partition coefficient (Wildman–Crippen LogP) is 2.58. The quantitative estimate of drug-likeness (QED) is 0.763. The van der Waals surface area contributed by atoms with Crippen LogP contribution in [0.5, 0.6) is 11.5 Å². The summed E-state index contributed by atoms with van der Waals surface area (Å²) in [5.41, 5.74) is 2.34. The third-order valence-corrected chi connectivity index (χ3v) is 4.03. The number of phenolic OH excluding ortho intramolecular Hbond substituents is 1. The predicted molar refractivity (Wildman–Crippen MR) is 88.6 cm³/mol. The Balaban J connectivity index is 1.79. The number of phenols is 1. The maximum absolute atomic E-state index is 13.2. The molecule has 0 bridgehead atoms. The lowest BCUT2D eigenvalue weighted by atomic mass is 10.0. The Morgan fingerprint density at radius 3 is 2.72 bits per heavy atom. The topological polar surface area (TPSA) is 85.1 Å². The van der Waals surface area contributed by atoms with Gasteiger partial charge in [-0.15, -0.1) is 0 Å². The number of halogens is 1. The van der Waals surface area contributed by atoms with Crippen LogP contribution in [0.1, 0.15) is 17.2 Å². The summed E-state index contributed by atoms with van der Waals surface area (Å²) in [5, 5.41) is 24.9. The van der Waals surface area contributed by atoms with Crippen LogP contribution in [0.4, 0.5) is 10.3 Å². The van der Waals surface area contributed by atoms with Gasteiger partial charge in [0.05, 0.1) is 7.11 Å². The van der Waals surface area contributed by atoms with Crippen LogP contribution in [0.2, 0.25) is 0 Å². The summed E-state index contributed by atoms with van der Waals surface area (Å²) in [6.45, 7) is 0. The first-order valence-corrected chi connectivity index (χ1v) is 7.55. The molecule has 7 nitrogen and oxygen atoms in total. The average molecular weight is 339 g/mol. The molecule has 2 N–H and O–H groups in total. The number of hydrogen-bond donors (Lipinski definition) is 2. The molecule has 1 aliphatic rings. The largest absolute Gasteiger partial charge is 0.504 e. The number of fused-ring (bicyclic) bond motifs is 1. The lowest BCUT2D eigenvalue weighted by Gasteiger charge is -2.23. The summed E-state index contributed by atoms with van der Waals surface area (Å²) in [5.74, 6) is 0.575. The second kappa shape index (κ2) is 5.90. The van der Waals surface area contributed by atoms with Crippen LogP contribution in [-0.4, -0.2) is 32.4 Å². The zero-order chi connectivity index (χ0) is 17.4. The van der Waals surface area contributed by atoms with Crippen molar-refractivity contribution in [2.24, 2.45) is 0 Å². The Bertz CT molecular complexity index is 952. The van der Waals surface area contributed by atoms with Gasteiger partial charge in [-0.3, -0.25) is 0 Å². The summed E-state index contributed by atoms with van der Waals surface area (Å²) in [6.07, 6.45) is 1.91. The Morgan fingerprint density at radius 2 is 2.00 bits per heavy atom. The minimum atomic E-state index is -0.330. The van der Waals surface area contributed by atoms with E-state index in [4.69, 9.17) is 4.74 Å². The normalized spacial score (nSPS) is 15.9. The molecule has 0 radical (unpaired) electrons. The van der Waals surface area contributed by atoms with E-state index < -0.39 is 0 Å². The fraction of sp³-hybridized carbons (Fsp3) is 0.118. The average Bonchev–Trinajstić information content (AvgIpc) is 3.10. The number of ether oxygens (including phenoxy) is 1. The first-order chi connectivity index (χ1) is 12.2. The molecule has 0 amide bonds. The number of nitrogens with one attached hydrogen (secondary N) is 1. The van der Waals surface area contributed by atoms with E-state index >= 15 is 0 Å². The molecule has 3 aromatic rings. The molecule has 4 rings (SSSR count). The van der Waals surface area contributed by atoms with Crippen molar-refractivity contribution < 1.29 is 14.2 Å². The van der Waals surface area contributed by atoms with Gasteiger partial charge in [-0.2, -0.15) is 4.68 Å². The van der Waals surface area contributed by atoms with E-state index in [2.05, 4.69) is 20.8 Å². The first-order valence-electron chi connectivity index (χ1n) is 7.55.